The minimum absolute atomic E-state index is 0.112. The van der Waals surface area contributed by atoms with Crippen molar-refractivity contribution in [1.82, 2.24) is 4.90 Å². The number of carbonyl (C=O) groups is 1. The first kappa shape index (κ1) is 13.8. The topological polar surface area (TPSA) is 49.8 Å². The fourth-order valence-electron chi connectivity index (χ4n) is 2.45. The van der Waals surface area contributed by atoms with Gasteiger partial charge in [-0.15, -0.1) is 0 Å². The molecule has 1 N–H and O–H groups in total. The van der Waals surface area contributed by atoms with Gasteiger partial charge in [0, 0.05) is 12.5 Å². The second kappa shape index (κ2) is 6.02. The number of benzene rings is 1. The van der Waals surface area contributed by atoms with Gasteiger partial charge >= 0.3 is 5.97 Å². The SMILES string of the molecule is CN1CCCC(COc2cccc(F)c2C(=O)O)C1. The van der Waals surface area contributed by atoms with E-state index in [0.29, 0.717) is 12.5 Å². The van der Waals surface area contributed by atoms with Gasteiger partial charge in [-0.3, -0.25) is 0 Å². The van der Waals surface area contributed by atoms with Crippen molar-refractivity contribution >= 4 is 5.97 Å². The van der Waals surface area contributed by atoms with Gasteiger partial charge in [0.1, 0.15) is 17.1 Å². The lowest BCUT2D eigenvalue weighted by atomic mass is 9.99. The van der Waals surface area contributed by atoms with E-state index in [0.717, 1.165) is 32.0 Å². The molecule has 1 unspecified atom stereocenters. The minimum Gasteiger partial charge on any atom is -0.492 e. The molecule has 0 spiro atoms. The maximum atomic E-state index is 13.5. The van der Waals surface area contributed by atoms with Crippen LogP contribution in [0.4, 0.5) is 4.39 Å². The molecule has 0 radical (unpaired) electrons. The number of carboxylic acid groups (broad SMARTS) is 1. The Kier molecular flexibility index (Phi) is 4.37. The zero-order valence-electron chi connectivity index (χ0n) is 10.9. The molecule has 0 bridgehead atoms. The zero-order chi connectivity index (χ0) is 13.8. The molecule has 1 aromatic carbocycles. The fourth-order valence-corrected chi connectivity index (χ4v) is 2.45. The molecule has 1 aliphatic heterocycles. The summed E-state index contributed by atoms with van der Waals surface area (Å²) in [5.74, 6) is -1.58. The van der Waals surface area contributed by atoms with Crippen LogP contribution in [0.25, 0.3) is 0 Å². The number of likely N-dealkylation sites (tertiary alicyclic amines) is 1. The van der Waals surface area contributed by atoms with Crippen LogP contribution in [-0.4, -0.2) is 42.7 Å². The maximum Gasteiger partial charge on any atom is 0.342 e. The second-order valence-corrected chi connectivity index (χ2v) is 5.00. The van der Waals surface area contributed by atoms with Crippen molar-refractivity contribution in [3.05, 3.63) is 29.6 Å². The Bertz CT molecular complexity index is 464. The number of hydrogen-bond acceptors (Lipinski definition) is 3. The van der Waals surface area contributed by atoms with Gasteiger partial charge in [0.15, 0.2) is 0 Å². The molecule has 5 heteroatoms. The Balaban J connectivity index is 2.03. The summed E-state index contributed by atoms with van der Waals surface area (Å²) in [5, 5.41) is 9.00. The Morgan fingerprint density at radius 3 is 3.05 bits per heavy atom. The number of nitrogens with zero attached hydrogens (tertiary/aromatic N) is 1. The van der Waals surface area contributed by atoms with Crippen molar-refractivity contribution in [2.75, 3.05) is 26.7 Å². The van der Waals surface area contributed by atoms with E-state index in [1.54, 1.807) is 0 Å². The summed E-state index contributed by atoms with van der Waals surface area (Å²) in [6.07, 6.45) is 2.17. The molecule has 0 saturated carbocycles. The number of hydrogen-bond donors (Lipinski definition) is 1. The second-order valence-electron chi connectivity index (χ2n) is 5.00. The summed E-state index contributed by atoms with van der Waals surface area (Å²) in [6.45, 7) is 2.43. The largest absolute Gasteiger partial charge is 0.492 e. The minimum atomic E-state index is -1.30. The van der Waals surface area contributed by atoms with Gasteiger partial charge in [0.25, 0.3) is 0 Å². The van der Waals surface area contributed by atoms with Gasteiger partial charge in [0.05, 0.1) is 6.61 Å². The predicted octanol–water partition coefficient (Wildman–Crippen LogP) is 2.24. The molecule has 1 aromatic rings. The quantitative estimate of drug-likeness (QED) is 0.909. The van der Waals surface area contributed by atoms with E-state index >= 15 is 0 Å². The highest BCUT2D eigenvalue weighted by molar-refractivity contribution is 5.91. The molecule has 0 aliphatic carbocycles. The summed E-state index contributed by atoms with van der Waals surface area (Å²) in [5.41, 5.74) is -0.383. The van der Waals surface area contributed by atoms with Crippen LogP contribution in [0.5, 0.6) is 5.75 Å². The molecular weight excluding hydrogens is 249 g/mol. The molecule has 0 amide bonds. The highest BCUT2D eigenvalue weighted by Gasteiger charge is 2.20. The lowest BCUT2D eigenvalue weighted by molar-refractivity contribution is 0.0684. The third kappa shape index (κ3) is 3.44. The molecule has 1 fully saturated rings. The van der Waals surface area contributed by atoms with E-state index in [4.69, 9.17) is 9.84 Å². The Morgan fingerprint density at radius 2 is 2.37 bits per heavy atom. The lowest BCUT2D eigenvalue weighted by Crippen LogP contribution is -2.34. The first-order chi connectivity index (χ1) is 9.08. The van der Waals surface area contributed by atoms with Crippen molar-refractivity contribution in [1.29, 1.82) is 0 Å². The van der Waals surface area contributed by atoms with Crippen molar-refractivity contribution in [3.8, 4) is 5.75 Å². The average Bonchev–Trinajstić information content (AvgIpc) is 2.36. The number of carboxylic acids is 1. The molecule has 1 heterocycles. The van der Waals surface area contributed by atoms with Gasteiger partial charge in [-0.25, -0.2) is 9.18 Å². The van der Waals surface area contributed by atoms with Crippen LogP contribution in [0, 0.1) is 11.7 Å². The summed E-state index contributed by atoms with van der Waals surface area (Å²) < 4.78 is 19.0. The Labute approximate surface area is 111 Å². The number of rotatable bonds is 4. The van der Waals surface area contributed by atoms with Crippen LogP contribution in [0.2, 0.25) is 0 Å². The Hall–Kier alpha value is -1.62. The van der Waals surface area contributed by atoms with E-state index < -0.39 is 11.8 Å². The van der Waals surface area contributed by atoms with E-state index in [1.807, 2.05) is 0 Å². The van der Waals surface area contributed by atoms with Crippen LogP contribution in [0.1, 0.15) is 23.2 Å². The van der Waals surface area contributed by atoms with Crippen molar-refractivity contribution in [2.24, 2.45) is 5.92 Å². The molecule has 1 saturated heterocycles. The van der Waals surface area contributed by atoms with Crippen molar-refractivity contribution < 1.29 is 19.0 Å². The molecule has 104 valence electrons. The highest BCUT2D eigenvalue weighted by Crippen LogP contribution is 2.23. The molecule has 1 atom stereocenters. The monoisotopic (exact) mass is 267 g/mol. The lowest BCUT2D eigenvalue weighted by Gasteiger charge is -2.29. The number of piperidine rings is 1. The van der Waals surface area contributed by atoms with Gasteiger partial charge in [-0.05, 0) is 38.6 Å². The van der Waals surface area contributed by atoms with Crippen molar-refractivity contribution in [2.45, 2.75) is 12.8 Å². The summed E-state index contributed by atoms with van der Waals surface area (Å²) in [6, 6.07) is 4.09. The van der Waals surface area contributed by atoms with Crippen LogP contribution in [0.15, 0.2) is 18.2 Å². The molecule has 1 aliphatic rings. The normalized spacial score (nSPS) is 20.2. The van der Waals surface area contributed by atoms with Crippen molar-refractivity contribution in [3.63, 3.8) is 0 Å². The van der Waals surface area contributed by atoms with Crippen LogP contribution >= 0.6 is 0 Å². The number of halogens is 1. The predicted molar refractivity (Wildman–Crippen MR) is 69.1 cm³/mol. The molecule has 4 nitrogen and oxygen atoms in total. The number of ether oxygens (including phenoxy) is 1. The average molecular weight is 267 g/mol. The summed E-state index contributed by atoms with van der Waals surface area (Å²) >= 11 is 0. The summed E-state index contributed by atoms with van der Waals surface area (Å²) in [4.78, 5) is 13.2. The van der Waals surface area contributed by atoms with Gasteiger partial charge in [0.2, 0.25) is 0 Å². The summed E-state index contributed by atoms with van der Waals surface area (Å²) in [7, 11) is 2.05. The number of aromatic carboxylic acids is 1. The molecule has 0 aromatic heterocycles. The van der Waals surface area contributed by atoms with E-state index in [1.165, 1.54) is 12.1 Å². The maximum absolute atomic E-state index is 13.5. The standard InChI is InChI=1S/C14H18FNO3/c1-16-7-3-4-10(8-16)9-19-12-6-2-5-11(15)13(12)14(17)18/h2,5-6,10H,3-4,7-9H2,1H3,(H,17,18). The van der Waals surface area contributed by atoms with Crippen LogP contribution in [-0.2, 0) is 0 Å². The molecule has 19 heavy (non-hydrogen) atoms. The highest BCUT2D eigenvalue weighted by atomic mass is 19.1. The van der Waals surface area contributed by atoms with Gasteiger partial charge in [-0.2, -0.15) is 0 Å². The van der Waals surface area contributed by atoms with E-state index in [-0.39, 0.29) is 11.3 Å². The first-order valence-corrected chi connectivity index (χ1v) is 6.41. The van der Waals surface area contributed by atoms with E-state index in [2.05, 4.69) is 11.9 Å². The third-order valence-corrected chi connectivity index (χ3v) is 3.39. The Morgan fingerprint density at radius 1 is 1.58 bits per heavy atom. The van der Waals surface area contributed by atoms with Gasteiger partial charge in [-0.1, -0.05) is 6.07 Å². The fraction of sp³-hybridized carbons (Fsp3) is 0.500. The smallest absolute Gasteiger partial charge is 0.342 e. The van der Waals surface area contributed by atoms with Crippen LogP contribution < -0.4 is 4.74 Å². The zero-order valence-corrected chi connectivity index (χ0v) is 10.9. The first-order valence-electron chi connectivity index (χ1n) is 6.41. The molecular formula is C14H18FNO3. The third-order valence-electron chi connectivity index (χ3n) is 3.39. The van der Waals surface area contributed by atoms with E-state index in [9.17, 15) is 9.18 Å². The van der Waals surface area contributed by atoms with Crippen LogP contribution in [0.3, 0.4) is 0 Å². The van der Waals surface area contributed by atoms with Gasteiger partial charge < -0.3 is 14.7 Å². The molecule has 2 rings (SSSR count).